The van der Waals surface area contributed by atoms with Crippen molar-refractivity contribution in [1.29, 1.82) is 0 Å². The van der Waals surface area contributed by atoms with Crippen LogP contribution in [0.25, 0.3) is 0 Å². The zero-order chi connectivity index (χ0) is 10.3. The Kier molecular flexibility index (Phi) is 5.56. The van der Waals surface area contributed by atoms with E-state index in [1.165, 1.54) is 6.92 Å². The van der Waals surface area contributed by atoms with Crippen molar-refractivity contribution in [2.24, 2.45) is 0 Å². The van der Waals surface area contributed by atoms with Crippen LogP contribution >= 0.6 is 0 Å². The summed E-state index contributed by atoms with van der Waals surface area (Å²) in [5, 5.41) is 0. The first-order valence-electron chi connectivity index (χ1n) is 3.64. The molecule has 0 amide bonds. The van der Waals surface area contributed by atoms with Gasteiger partial charge in [-0.05, 0) is 12.8 Å². The fraction of sp³-hybridized carbons (Fsp3) is 0.833. The average molecular weight is 214 g/mol. The molecular weight excluding hydrogens is 203 g/mol. The van der Waals surface area contributed by atoms with Crippen molar-refractivity contribution in [2.45, 2.75) is 19.8 Å². The minimum Gasteiger partial charge on any atom is -0.466 e. The van der Waals surface area contributed by atoms with Crippen LogP contribution in [0.2, 0.25) is 0 Å². The number of carbonyl (C=O) groups excluding carboxylic acids is 1. The first-order chi connectivity index (χ1) is 5.92. The van der Waals surface area contributed by atoms with E-state index < -0.39 is 16.5 Å². The topological polar surface area (TPSA) is 69.7 Å². The van der Waals surface area contributed by atoms with Gasteiger partial charge in [-0.25, -0.2) is 4.18 Å². The minimum atomic E-state index is -4.84. The van der Waals surface area contributed by atoms with Crippen LogP contribution < -0.4 is 0 Å². The summed E-state index contributed by atoms with van der Waals surface area (Å²) in [6.07, 6.45) is 0.755. The molecule has 0 aliphatic rings. The second-order valence-electron chi connectivity index (χ2n) is 2.26. The zero-order valence-electron chi connectivity index (χ0n) is 7.16. The summed E-state index contributed by atoms with van der Waals surface area (Å²) < 4.78 is 39.6. The van der Waals surface area contributed by atoms with Gasteiger partial charge in [0.1, 0.15) is 0 Å². The molecule has 0 aliphatic heterocycles. The molecule has 0 aromatic carbocycles. The van der Waals surface area contributed by atoms with E-state index in [0.29, 0.717) is 12.8 Å². The highest BCUT2D eigenvalue weighted by atomic mass is 32.3. The Hall–Kier alpha value is -0.690. The Morgan fingerprint density at radius 3 is 2.31 bits per heavy atom. The van der Waals surface area contributed by atoms with Gasteiger partial charge in [0.25, 0.3) is 0 Å². The van der Waals surface area contributed by atoms with Gasteiger partial charge in [0.15, 0.2) is 0 Å². The third kappa shape index (κ3) is 11.3. The summed E-state index contributed by atoms with van der Waals surface area (Å²) in [4.78, 5) is 10.2. The first-order valence-corrected chi connectivity index (χ1v) is 4.95. The van der Waals surface area contributed by atoms with Gasteiger partial charge < -0.3 is 4.74 Å². The highest BCUT2D eigenvalue weighted by molar-refractivity contribution is 7.81. The molecule has 0 unspecified atom stereocenters. The molecule has 0 fully saturated rings. The van der Waals surface area contributed by atoms with Crippen LogP contribution in [0.5, 0.6) is 0 Å². The molecule has 0 aromatic heterocycles. The Bertz CT molecular complexity index is 248. The van der Waals surface area contributed by atoms with Crippen molar-refractivity contribution in [2.75, 3.05) is 13.2 Å². The van der Waals surface area contributed by atoms with Gasteiger partial charge in [-0.3, -0.25) is 4.79 Å². The Labute approximate surface area is 76.2 Å². The highest BCUT2D eigenvalue weighted by Gasteiger charge is 2.05. The molecule has 0 saturated carbocycles. The van der Waals surface area contributed by atoms with Gasteiger partial charge in [-0.1, -0.05) is 3.89 Å². The highest BCUT2D eigenvalue weighted by Crippen LogP contribution is 1.97. The monoisotopic (exact) mass is 214 g/mol. The third-order valence-electron chi connectivity index (χ3n) is 1.07. The summed E-state index contributed by atoms with van der Waals surface area (Å²) in [6.45, 7) is 1.22. The van der Waals surface area contributed by atoms with E-state index in [-0.39, 0.29) is 13.2 Å². The lowest BCUT2D eigenvalue weighted by Gasteiger charge is -2.00. The Balaban J connectivity index is 3.23. The smallest absolute Gasteiger partial charge is 0.437 e. The number of hydrogen-bond acceptors (Lipinski definition) is 5. The van der Waals surface area contributed by atoms with Crippen molar-refractivity contribution < 1.29 is 26.0 Å². The molecule has 0 bridgehead atoms. The van der Waals surface area contributed by atoms with E-state index in [1.54, 1.807) is 0 Å². The fourth-order valence-corrected chi connectivity index (χ4v) is 0.895. The third-order valence-corrected chi connectivity index (χ3v) is 1.52. The van der Waals surface area contributed by atoms with Crippen LogP contribution in [0, 0.1) is 0 Å². The number of unbranched alkanes of at least 4 members (excludes halogenated alkanes) is 1. The van der Waals surface area contributed by atoms with Crippen LogP contribution in [0.15, 0.2) is 0 Å². The predicted molar refractivity (Wildman–Crippen MR) is 41.8 cm³/mol. The number of hydrogen-bond donors (Lipinski definition) is 0. The first kappa shape index (κ1) is 12.3. The van der Waals surface area contributed by atoms with E-state index >= 15 is 0 Å². The average Bonchev–Trinajstić information content (AvgIpc) is 1.93. The van der Waals surface area contributed by atoms with E-state index in [9.17, 15) is 17.1 Å². The molecule has 0 aromatic rings. The maximum atomic E-state index is 11.7. The lowest BCUT2D eigenvalue weighted by Crippen LogP contribution is -2.04. The molecule has 0 aliphatic carbocycles. The molecule has 0 saturated heterocycles. The van der Waals surface area contributed by atoms with Gasteiger partial charge >= 0.3 is 16.5 Å². The van der Waals surface area contributed by atoms with Crippen LogP contribution in [-0.2, 0) is 24.2 Å². The van der Waals surface area contributed by atoms with Gasteiger partial charge in [0.05, 0.1) is 13.2 Å². The van der Waals surface area contributed by atoms with Crippen molar-refractivity contribution >= 4 is 16.5 Å². The van der Waals surface area contributed by atoms with Crippen LogP contribution in [0.3, 0.4) is 0 Å². The second-order valence-corrected chi connectivity index (χ2v) is 3.28. The summed E-state index contributed by atoms with van der Waals surface area (Å²) in [7, 11) is -4.84. The fourth-order valence-electron chi connectivity index (χ4n) is 0.578. The molecule has 0 N–H and O–H groups in total. The summed E-state index contributed by atoms with van der Waals surface area (Å²) >= 11 is 0. The minimum absolute atomic E-state index is 0.186. The van der Waals surface area contributed by atoms with Gasteiger partial charge in [0, 0.05) is 6.92 Å². The van der Waals surface area contributed by atoms with Gasteiger partial charge in [-0.2, -0.15) is 8.42 Å². The molecule has 0 heterocycles. The number of halogens is 1. The quantitative estimate of drug-likeness (QED) is 0.367. The van der Waals surface area contributed by atoms with Crippen LogP contribution in [0.4, 0.5) is 3.89 Å². The normalized spacial score (nSPS) is 11.2. The summed E-state index contributed by atoms with van der Waals surface area (Å²) in [6, 6.07) is 0. The van der Waals surface area contributed by atoms with Crippen molar-refractivity contribution in [3.05, 3.63) is 0 Å². The van der Waals surface area contributed by atoms with Crippen molar-refractivity contribution in [1.82, 2.24) is 0 Å². The maximum Gasteiger partial charge on any atom is 0.437 e. The molecule has 0 rings (SSSR count). The summed E-state index contributed by atoms with van der Waals surface area (Å²) in [5.74, 6) is -0.404. The van der Waals surface area contributed by atoms with E-state index in [4.69, 9.17) is 0 Å². The number of carbonyl (C=O) groups is 1. The molecule has 7 heteroatoms. The molecule has 0 atom stereocenters. The SMILES string of the molecule is CC(=O)OCCCCOS(=O)(=O)F. The van der Waals surface area contributed by atoms with Crippen molar-refractivity contribution in [3.63, 3.8) is 0 Å². The molecule has 13 heavy (non-hydrogen) atoms. The van der Waals surface area contributed by atoms with Gasteiger partial charge in [-0.15, -0.1) is 0 Å². The molecular formula is C6H11FO5S. The van der Waals surface area contributed by atoms with E-state index in [0.717, 1.165) is 0 Å². The van der Waals surface area contributed by atoms with E-state index in [2.05, 4.69) is 8.92 Å². The lowest BCUT2D eigenvalue weighted by molar-refractivity contribution is -0.141. The number of rotatable bonds is 6. The lowest BCUT2D eigenvalue weighted by atomic mass is 10.3. The Morgan fingerprint density at radius 1 is 1.31 bits per heavy atom. The predicted octanol–water partition coefficient (Wildman–Crippen LogP) is 0.561. The molecule has 0 spiro atoms. The second kappa shape index (κ2) is 5.87. The molecule has 78 valence electrons. The largest absolute Gasteiger partial charge is 0.466 e. The zero-order valence-corrected chi connectivity index (χ0v) is 7.97. The van der Waals surface area contributed by atoms with E-state index in [1.807, 2.05) is 0 Å². The Morgan fingerprint density at radius 2 is 1.85 bits per heavy atom. The van der Waals surface area contributed by atoms with Crippen molar-refractivity contribution in [3.8, 4) is 0 Å². The molecule has 5 nitrogen and oxygen atoms in total. The van der Waals surface area contributed by atoms with Crippen LogP contribution in [0.1, 0.15) is 19.8 Å². The summed E-state index contributed by atoms with van der Waals surface area (Å²) in [5.41, 5.74) is 0. The van der Waals surface area contributed by atoms with Crippen LogP contribution in [-0.4, -0.2) is 27.6 Å². The number of ether oxygens (including phenoxy) is 1. The van der Waals surface area contributed by atoms with Gasteiger partial charge in [0.2, 0.25) is 0 Å². The maximum absolute atomic E-state index is 11.7. The standard InChI is InChI=1S/C6H11FO5S/c1-6(8)11-4-2-3-5-12-13(7,9)10/h2-5H2,1H3. The number of esters is 1. The molecule has 0 radical (unpaired) electrons.